The molecule has 2 aromatic carbocycles. The minimum atomic E-state index is -0.0539. The van der Waals surface area contributed by atoms with Gasteiger partial charge in [-0.2, -0.15) is 0 Å². The molecule has 150 valence electrons. The van der Waals surface area contributed by atoms with Crippen molar-refractivity contribution < 1.29 is 24.4 Å². The fraction of sp³-hybridized carbons (Fsp3) is 0.105. The molecule has 6 N–H and O–H groups in total. The van der Waals surface area contributed by atoms with E-state index in [1.54, 1.807) is 42.5 Å². The normalized spacial score (nSPS) is 12.1. The lowest BCUT2D eigenvalue weighted by Gasteiger charge is -2.08. The first-order valence-electron chi connectivity index (χ1n) is 8.31. The van der Waals surface area contributed by atoms with Crippen LogP contribution in [0.3, 0.4) is 0 Å². The van der Waals surface area contributed by atoms with Crippen molar-refractivity contribution >= 4 is 11.7 Å². The highest BCUT2D eigenvalue weighted by Crippen LogP contribution is 2.36. The van der Waals surface area contributed by atoms with Crippen LogP contribution in [0.5, 0.6) is 11.5 Å². The molecular formula is C19H19N5O5. The third kappa shape index (κ3) is 3.76. The molecule has 0 saturated heterocycles. The predicted octanol–water partition coefficient (Wildman–Crippen LogP) is 2.21. The lowest BCUT2D eigenvalue weighted by Crippen LogP contribution is -2.13. The largest absolute Gasteiger partial charge is 0.496 e. The van der Waals surface area contributed by atoms with E-state index >= 15 is 0 Å². The Balaban J connectivity index is 2.11. The van der Waals surface area contributed by atoms with Gasteiger partial charge in [0.05, 0.1) is 19.8 Å². The molecule has 10 nitrogen and oxygen atoms in total. The van der Waals surface area contributed by atoms with Gasteiger partial charge in [0, 0.05) is 22.8 Å². The van der Waals surface area contributed by atoms with Gasteiger partial charge in [-0.1, -0.05) is 15.5 Å². The van der Waals surface area contributed by atoms with Gasteiger partial charge in [-0.3, -0.25) is 0 Å². The van der Waals surface area contributed by atoms with Crippen LogP contribution >= 0.6 is 0 Å². The first-order valence-corrected chi connectivity index (χ1v) is 8.31. The number of benzene rings is 2. The second-order valence-corrected chi connectivity index (χ2v) is 5.88. The third-order valence-electron chi connectivity index (χ3n) is 4.26. The van der Waals surface area contributed by atoms with Gasteiger partial charge in [0.25, 0.3) is 0 Å². The smallest absolute Gasteiger partial charge is 0.171 e. The van der Waals surface area contributed by atoms with E-state index in [9.17, 15) is 0 Å². The first kappa shape index (κ1) is 19.5. The molecule has 0 bridgehead atoms. The highest BCUT2D eigenvalue weighted by atomic mass is 16.5. The summed E-state index contributed by atoms with van der Waals surface area (Å²) in [6.45, 7) is 0. The molecule has 0 radical (unpaired) electrons. The maximum atomic E-state index is 8.92. The second-order valence-electron chi connectivity index (χ2n) is 5.88. The number of nitrogens with two attached hydrogens (primary N) is 2. The van der Waals surface area contributed by atoms with Crippen LogP contribution in [-0.4, -0.2) is 41.5 Å². The molecule has 0 aliphatic rings. The van der Waals surface area contributed by atoms with Crippen molar-refractivity contribution in [3.8, 4) is 34.1 Å². The van der Waals surface area contributed by atoms with E-state index in [1.807, 2.05) is 0 Å². The molecule has 1 aromatic heterocycles. The number of rotatable bonds is 6. The summed E-state index contributed by atoms with van der Waals surface area (Å²) in [5.74, 6) is 1.32. The minimum Gasteiger partial charge on any atom is -0.496 e. The molecule has 0 aliphatic carbocycles. The summed E-state index contributed by atoms with van der Waals surface area (Å²) in [6, 6.07) is 11.7. The molecular weight excluding hydrogens is 378 g/mol. The summed E-state index contributed by atoms with van der Waals surface area (Å²) in [5.41, 5.74) is 13.9. The Morgan fingerprint density at radius 2 is 1.38 bits per heavy atom. The Morgan fingerprint density at radius 1 is 0.862 bits per heavy atom. The van der Waals surface area contributed by atoms with Gasteiger partial charge >= 0.3 is 0 Å². The molecule has 0 saturated carbocycles. The minimum absolute atomic E-state index is 0.0502. The molecule has 0 unspecified atom stereocenters. The van der Waals surface area contributed by atoms with E-state index in [-0.39, 0.29) is 11.7 Å². The van der Waals surface area contributed by atoms with Crippen molar-refractivity contribution in [2.24, 2.45) is 21.8 Å². The Labute approximate surface area is 165 Å². The fourth-order valence-corrected chi connectivity index (χ4v) is 2.77. The quantitative estimate of drug-likeness (QED) is 0.213. The van der Waals surface area contributed by atoms with Gasteiger partial charge in [0.15, 0.2) is 17.4 Å². The van der Waals surface area contributed by atoms with Crippen LogP contribution in [0, 0.1) is 0 Å². The van der Waals surface area contributed by atoms with E-state index in [4.69, 9.17) is 35.9 Å². The lowest BCUT2D eigenvalue weighted by atomic mass is 10.0. The Morgan fingerprint density at radius 3 is 1.90 bits per heavy atom. The molecule has 3 aromatic rings. The Bertz CT molecular complexity index is 1010. The van der Waals surface area contributed by atoms with Crippen molar-refractivity contribution in [1.82, 2.24) is 5.16 Å². The zero-order valence-corrected chi connectivity index (χ0v) is 15.7. The van der Waals surface area contributed by atoms with Crippen LogP contribution in [0.4, 0.5) is 0 Å². The SMILES string of the molecule is COc1ccc(/C(N)=N/O)cc1-c1cc(-c2cc(/C(N)=N/O)ccc2OC)on1. The number of nitrogens with zero attached hydrogens (tertiary/aromatic N) is 3. The van der Waals surface area contributed by atoms with Crippen LogP contribution < -0.4 is 20.9 Å². The van der Waals surface area contributed by atoms with Crippen molar-refractivity contribution in [3.63, 3.8) is 0 Å². The predicted molar refractivity (Wildman–Crippen MR) is 106 cm³/mol. The van der Waals surface area contributed by atoms with E-state index in [0.29, 0.717) is 45.2 Å². The molecule has 0 atom stereocenters. The summed E-state index contributed by atoms with van der Waals surface area (Å²) in [7, 11) is 3.04. The van der Waals surface area contributed by atoms with Crippen molar-refractivity contribution in [2.45, 2.75) is 0 Å². The lowest BCUT2D eigenvalue weighted by molar-refractivity contribution is 0.318. The number of aromatic nitrogens is 1. The summed E-state index contributed by atoms with van der Waals surface area (Å²) >= 11 is 0. The van der Waals surface area contributed by atoms with Crippen LogP contribution in [0.25, 0.3) is 22.6 Å². The third-order valence-corrected chi connectivity index (χ3v) is 4.26. The summed E-state index contributed by atoms with van der Waals surface area (Å²) in [4.78, 5) is 0. The van der Waals surface area contributed by atoms with Crippen molar-refractivity contribution in [3.05, 3.63) is 53.6 Å². The van der Waals surface area contributed by atoms with Crippen LogP contribution in [0.2, 0.25) is 0 Å². The summed E-state index contributed by atoms with van der Waals surface area (Å²) < 4.78 is 16.3. The van der Waals surface area contributed by atoms with Gasteiger partial charge in [-0.25, -0.2) is 0 Å². The number of hydrogen-bond donors (Lipinski definition) is 4. The first-order chi connectivity index (χ1) is 14.0. The summed E-state index contributed by atoms with van der Waals surface area (Å²) in [6.07, 6.45) is 0. The number of oxime groups is 2. The van der Waals surface area contributed by atoms with Crippen LogP contribution in [0.15, 0.2) is 57.3 Å². The molecule has 3 rings (SSSR count). The van der Waals surface area contributed by atoms with Gasteiger partial charge in [0.2, 0.25) is 0 Å². The van der Waals surface area contributed by atoms with E-state index in [2.05, 4.69) is 15.5 Å². The number of amidine groups is 2. The molecule has 10 heteroatoms. The average Bonchev–Trinajstić information content (AvgIpc) is 3.27. The monoisotopic (exact) mass is 397 g/mol. The Hall–Kier alpha value is -4.21. The Kier molecular flexibility index (Phi) is 5.54. The zero-order valence-electron chi connectivity index (χ0n) is 15.7. The second kappa shape index (κ2) is 8.21. The van der Waals surface area contributed by atoms with Crippen LogP contribution in [0.1, 0.15) is 11.1 Å². The molecule has 0 amide bonds. The van der Waals surface area contributed by atoms with Gasteiger partial charge in [0.1, 0.15) is 17.2 Å². The molecule has 0 spiro atoms. The molecule has 0 fully saturated rings. The summed E-state index contributed by atoms with van der Waals surface area (Å²) in [5, 5.41) is 28.0. The topological polar surface area (TPSA) is 162 Å². The molecule has 1 heterocycles. The van der Waals surface area contributed by atoms with Crippen LogP contribution in [-0.2, 0) is 0 Å². The van der Waals surface area contributed by atoms with E-state index < -0.39 is 0 Å². The molecule has 0 aliphatic heterocycles. The van der Waals surface area contributed by atoms with Gasteiger partial charge in [-0.15, -0.1) is 0 Å². The number of ether oxygens (including phenoxy) is 2. The highest BCUT2D eigenvalue weighted by Gasteiger charge is 2.18. The maximum absolute atomic E-state index is 8.92. The number of hydrogen-bond acceptors (Lipinski definition) is 8. The standard InChI is InChI=1S/C19H19N5O5/c1-27-15-5-3-10(18(20)22-25)7-12(15)14-9-17(29-24-14)13-8-11(19(21)23-26)4-6-16(13)28-2/h3-9,25-26H,1-2H3,(H2,20,22)(H2,21,23). The maximum Gasteiger partial charge on any atom is 0.171 e. The van der Waals surface area contributed by atoms with Crippen molar-refractivity contribution in [2.75, 3.05) is 14.2 Å². The molecule has 29 heavy (non-hydrogen) atoms. The van der Waals surface area contributed by atoms with E-state index in [1.165, 1.54) is 14.2 Å². The van der Waals surface area contributed by atoms with Gasteiger partial charge < -0.3 is 35.9 Å². The van der Waals surface area contributed by atoms with Crippen molar-refractivity contribution in [1.29, 1.82) is 0 Å². The fourth-order valence-electron chi connectivity index (χ4n) is 2.77. The highest BCUT2D eigenvalue weighted by molar-refractivity contribution is 5.99. The zero-order chi connectivity index (χ0) is 21.0. The average molecular weight is 397 g/mol. The van der Waals surface area contributed by atoms with Gasteiger partial charge in [-0.05, 0) is 36.4 Å². The van der Waals surface area contributed by atoms with E-state index in [0.717, 1.165) is 0 Å². The number of methoxy groups -OCH3 is 2.